The van der Waals surface area contributed by atoms with E-state index in [1.54, 1.807) is 12.4 Å². The smallest absolute Gasteiger partial charge is 0.168 e. The van der Waals surface area contributed by atoms with Crippen molar-refractivity contribution in [2.75, 3.05) is 0 Å². The van der Waals surface area contributed by atoms with Crippen molar-refractivity contribution in [3.05, 3.63) is 48.4 Å². The van der Waals surface area contributed by atoms with Crippen molar-refractivity contribution in [3.8, 4) is 11.4 Å². The standard InChI is InChI=1S/C12H10N4/c1-9-3-2-4-11-14-15-12(16(9)11)10-5-7-13-8-6-10/h2-8H,1H3. The van der Waals surface area contributed by atoms with E-state index in [0.717, 1.165) is 22.7 Å². The Hall–Kier alpha value is -2.23. The highest BCUT2D eigenvalue weighted by atomic mass is 15.2. The van der Waals surface area contributed by atoms with Gasteiger partial charge in [-0.3, -0.25) is 9.38 Å². The number of fused-ring (bicyclic) bond motifs is 1. The van der Waals surface area contributed by atoms with Crippen molar-refractivity contribution in [2.24, 2.45) is 0 Å². The largest absolute Gasteiger partial charge is 0.280 e. The fourth-order valence-corrected chi connectivity index (χ4v) is 1.79. The van der Waals surface area contributed by atoms with E-state index in [1.165, 1.54) is 0 Å². The highest BCUT2D eigenvalue weighted by molar-refractivity contribution is 5.59. The van der Waals surface area contributed by atoms with Gasteiger partial charge in [-0.15, -0.1) is 10.2 Å². The summed E-state index contributed by atoms with van der Waals surface area (Å²) in [5.74, 6) is 0.857. The van der Waals surface area contributed by atoms with E-state index in [2.05, 4.69) is 15.2 Å². The third-order valence-corrected chi connectivity index (χ3v) is 2.56. The maximum Gasteiger partial charge on any atom is 0.168 e. The Balaban J connectivity index is 2.33. The van der Waals surface area contributed by atoms with E-state index in [1.807, 2.05) is 41.7 Å². The van der Waals surface area contributed by atoms with Crippen LogP contribution >= 0.6 is 0 Å². The molecule has 0 spiro atoms. The van der Waals surface area contributed by atoms with Crippen LogP contribution in [0.3, 0.4) is 0 Å². The van der Waals surface area contributed by atoms with Crippen LogP contribution in [-0.4, -0.2) is 19.6 Å². The van der Waals surface area contributed by atoms with Crippen molar-refractivity contribution in [2.45, 2.75) is 6.92 Å². The molecular weight excluding hydrogens is 200 g/mol. The summed E-state index contributed by atoms with van der Waals surface area (Å²) in [6.07, 6.45) is 3.52. The van der Waals surface area contributed by atoms with Gasteiger partial charge in [0.05, 0.1) is 0 Å². The molecule has 4 nitrogen and oxygen atoms in total. The minimum absolute atomic E-state index is 0.857. The van der Waals surface area contributed by atoms with Gasteiger partial charge in [-0.25, -0.2) is 0 Å². The predicted octanol–water partition coefficient (Wildman–Crippen LogP) is 2.10. The van der Waals surface area contributed by atoms with E-state index in [-0.39, 0.29) is 0 Å². The number of hydrogen-bond acceptors (Lipinski definition) is 3. The topological polar surface area (TPSA) is 43.1 Å². The Bertz CT molecular complexity index is 628. The lowest BCUT2D eigenvalue weighted by atomic mass is 10.2. The van der Waals surface area contributed by atoms with Crippen LogP contribution in [0.2, 0.25) is 0 Å². The molecule has 3 heterocycles. The lowest BCUT2D eigenvalue weighted by Gasteiger charge is -2.02. The molecular formula is C12H10N4. The molecule has 3 rings (SSSR count). The third kappa shape index (κ3) is 1.27. The first-order valence-corrected chi connectivity index (χ1v) is 5.07. The highest BCUT2D eigenvalue weighted by Crippen LogP contribution is 2.18. The summed E-state index contributed by atoms with van der Waals surface area (Å²) in [5, 5.41) is 8.36. The molecule has 0 bridgehead atoms. The molecule has 0 aliphatic rings. The summed E-state index contributed by atoms with van der Waals surface area (Å²) < 4.78 is 2.04. The van der Waals surface area contributed by atoms with E-state index >= 15 is 0 Å². The van der Waals surface area contributed by atoms with Gasteiger partial charge in [0, 0.05) is 23.7 Å². The second kappa shape index (κ2) is 3.41. The van der Waals surface area contributed by atoms with Crippen molar-refractivity contribution in [3.63, 3.8) is 0 Å². The molecule has 0 saturated heterocycles. The molecule has 0 saturated carbocycles. The molecule has 0 aliphatic carbocycles. The zero-order valence-electron chi connectivity index (χ0n) is 8.83. The molecule has 16 heavy (non-hydrogen) atoms. The zero-order valence-corrected chi connectivity index (χ0v) is 8.83. The summed E-state index contributed by atoms with van der Waals surface area (Å²) >= 11 is 0. The van der Waals surface area contributed by atoms with Crippen molar-refractivity contribution < 1.29 is 0 Å². The average molecular weight is 210 g/mol. The van der Waals surface area contributed by atoms with Crippen molar-refractivity contribution in [1.82, 2.24) is 19.6 Å². The zero-order chi connectivity index (χ0) is 11.0. The SMILES string of the molecule is Cc1cccc2nnc(-c3ccncc3)n12. The second-order valence-electron chi connectivity index (χ2n) is 3.62. The van der Waals surface area contributed by atoms with Crippen LogP contribution < -0.4 is 0 Å². The molecule has 0 atom stereocenters. The lowest BCUT2D eigenvalue weighted by molar-refractivity contribution is 1.08. The van der Waals surface area contributed by atoms with E-state index in [4.69, 9.17) is 0 Å². The summed E-state index contributed by atoms with van der Waals surface area (Å²) in [6.45, 7) is 2.04. The number of nitrogens with zero attached hydrogens (tertiary/aromatic N) is 4. The Labute approximate surface area is 92.6 Å². The number of hydrogen-bond donors (Lipinski definition) is 0. The highest BCUT2D eigenvalue weighted by Gasteiger charge is 2.08. The molecule has 0 amide bonds. The average Bonchev–Trinajstić information content (AvgIpc) is 2.75. The minimum Gasteiger partial charge on any atom is -0.280 e. The van der Waals surface area contributed by atoms with Crippen LogP contribution in [-0.2, 0) is 0 Å². The molecule has 3 aromatic rings. The first-order valence-electron chi connectivity index (χ1n) is 5.07. The predicted molar refractivity (Wildman–Crippen MR) is 61.0 cm³/mol. The van der Waals surface area contributed by atoms with Gasteiger partial charge in [-0.1, -0.05) is 6.07 Å². The van der Waals surface area contributed by atoms with Crippen LogP contribution in [0.1, 0.15) is 5.69 Å². The summed E-state index contributed by atoms with van der Waals surface area (Å²) in [4.78, 5) is 4.00. The fraction of sp³-hybridized carbons (Fsp3) is 0.0833. The molecule has 0 aliphatic heterocycles. The van der Waals surface area contributed by atoms with Gasteiger partial charge in [0.25, 0.3) is 0 Å². The van der Waals surface area contributed by atoms with Crippen molar-refractivity contribution >= 4 is 5.65 Å². The van der Waals surface area contributed by atoms with Crippen LogP contribution in [0.25, 0.3) is 17.0 Å². The lowest BCUT2D eigenvalue weighted by Crippen LogP contribution is -1.93. The molecule has 0 unspecified atom stereocenters. The molecule has 0 fully saturated rings. The normalized spacial score (nSPS) is 10.8. The Kier molecular flexibility index (Phi) is 1.93. The van der Waals surface area contributed by atoms with Gasteiger partial charge in [0.15, 0.2) is 11.5 Å². The molecule has 0 radical (unpaired) electrons. The van der Waals surface area contributed by atoms with Gasteiger partial charge in [-0.05, 0) is 31.2 Å². The molecule has 78 valence electrons. The van der Waals surface area contributed by atoms with Crippen molar-refractivity contribution in [1.29, 1.82) is 0 Å². The summed E-state index contributed by atoms with van der Waals surface area (Å²) in [7, 11) is 0. The molecule has 0 N–H and O–H groups in total. The molecule has 4 heteroatoms. The number of rotatable bonds is 1. The molecule has 3 aromatic heterocycles. The fourth-order valence-electron chi connectivity index (χ4n) is 1.79. The van der Waals surface area contributed by atoms with Gasteiger partial charge >= 0.3 is 0 Å². The monoisotopic (exact) mass is 210 g/mol. The minimum atomic E-state index is 0.857. The van der Waals surface area contributed by atoms with E-state index < -0.39 is 0 Å². The van der Waals surface area contributed by atoms with E-state index in [9.17, 15) is 0 Å². The Morgan fingerprint density at radius 1 is 1.00 bits per heavy atom. The molecule has 0 aromatic carbocycles. The van der Waals surface area contributed by atoms with Gasteiger partial charge in [-0.2, -0.15) is 0 Å². The van der Waals surface area contributed by atoms with Crippen LogP contribution in [0.5, 0.6) is 0 Å². The Morgan fingerprint density at radius 3 is 2.62 bits per heavy atom. The first kappa shape index (κ1) is 9.03. The number of pyridine rings is 2. The maximum atomic E-state index is 4.21. The number of aryl methyl sites for hydroxylation is 1. The number of aromatic nitrogens is 4. The summed E-state index contributed by atoms with van der Waals surface area (Å²) in [6, 6.07) is 9.84. The van der Waals surface area contributed by atoms with E-state index in [0.29, 0.717) is 0 Å². The maximum absolute atomic E-state index is 4.21. The van der Waals surface area contributed by atoms with Crippen LogP contribution in [0, 0.1) is 6.92 Å². The van der Waals surface area contributed by atoms with Crippen LogP contribution in [0.15, 0.2) is 42.7 Å². The third-order valence-electron chi connectivity index (χ3n) is 2.56. The Morgan fingerprint density at radius 2 is 1.81 bits per heavy atom. The second-order valence-corrected chi connectivity index (χ2v) is 3.62. The first-order chi connectivity index (χ1) is 7.86. The van der Waals surface area contributed by atoms with Gasteiger partial charge in [0.1, 0.15) is 0 Å². The van der Waals surface area contributed by atoms with Gasteiger partial charge < -0.3 is 0 Å². The summed E-state index contributed by atoms with van der Waals surface area (Å²) in [5.41, 5.74) is 3.01. The van der Waals surface area contributed by atoms with Crippen LogP contribution in [0.4, 0.5) is 0 Å². The quantitative estimate of drug-likeness (QED) is 0.617. The van der Waals surface area contributed by atoms with Gasteiger partial charge in [0.2, 0.25) is 0 Å².